The molecule has 0 fully saturated rings. The zero-order valence-electron chi connectivity index (χ0n) is 14.7. The molecule has 4 nitrogen and oxygen atoms in total. The molecule has 0 spiro atoms. The number of esters is 1. The second-order valence-electron chi connectivity index (χ2n) is 7.02. The predicted molar refractivity (Wildman–Crippen MR) is 87.1 cm³/mol. The van der Waals surface area contributed by atoms with Gasteiger partial charge in [0.05, 0.1) is 12.0 Å². The zero-order chi connectivity index (χ0) is 18.1. The molecule has 0 amide bonds. The van der Waals surface area contributed by atoms with Crippen LogP contribution in [0.1, 0.15) is 72.1 Å². The van der Waals surface area contributed by atoms with Gasteiger partial charge in [0.15, 0.2) is 0 Å². The molecule has 0 aromatic rings. The summed E-state index contributed by atoms with van der Waals surface area (Å²) in [6, 6.07) is 0. The van der Waals surface area contributed by atoms with Crippen molar-refractivity contribution in [3.8, 4) is 0 Å². The summed E-state index contributed by atoms with van der Waals surface area (Å²) in [5, 5.41) is -3.61. The Kier molecular flexibility index (Phi) is 9.25. The zero-order valence-corrected chi connectivity index (χ0v) is 15.5. The Hall–Kier alpha value is -0.720. The maximum absolute atomic E-state index is 13.2. The number of alkyl halides is 2. The van der Waals surface area contributed by atoms with Gasteiger partial charge in [-0.3, -0.25) is 4.79 Å². The number of carbonyl (C=O) groups is 1. The van der Waals surface area contributed by atoms with E-state index in [0.717, 1.165) is 32.1 Å². The molecule has 0 aliphatic heterocycles. The number of halogens is 2. The second kappa shape index (κ2) is 9.55. The standard InChI is InChI=1S/C16H30F2O4S/c1-15(2,3)14(19)22-13-11-9-7-5-6-8-10-12-16(17,18)23(4,20)21/h5-13H2,1-4H3. The average molecular weight is 356 g/mol. The molecule has 0 rings (SSSR count). The van der Waals surface area contributed by atoms with Crippen molar-refractivity contribution in [1.29, 1.82) is 0 Å². The van der Waals surface area contributed by atoms with E-state index in [-0.39, 0.29) is 12.4 Å². The summed E-state index contributed by atoms with van der Waals surface area (Å²) in [7, 11) is -4.30. The van der Waals surface area contributed by atoms with Gasteiger partial charge in [0.2, 0.25) is 9.84 Å². The molecule has 138 valence electrons. The van der Waals surface area contributed by atoms with Crippen LogP contribution >= 0.6 is 0 Å². The van der Waals surface area contributed by atoms with Crippen LogP contribution in [-0.2, 0) is 19.4 Å². The van der Waals surface area contributed by atoms with E-state index in [1.54, 1.807) is 0 Å². The molecule has 0 atom stereocenters. The highest BCUT2D eigenvalue weighted by Crippen LogP contribution is 2.27. The van der Waals surface area contributed by atoms with Crippen molar-refractivity contribution in [2.24, 2.45) is 5.41 Å². The lowest BCUT2D eigenvalue weighted by molar-refractivity contribution is -0.153. The molecule has 0 aromatic carbocycles. The number of ether oxygens (including phenoxy) is 1. The summed E-state index contributed by atoms with van der Waals surface area (Å²) in [5.74, 6) is -0.204. The Morgan fingerprint density at radius 3 is 1.78 bits per heavy atom. The maximum Gasteiger partial charge on any atom is 0.345 e. The van der Waals surface area contributed by atoms with E-state index in [4.69, 9.17) is 4.74 Å². The number of carbonyl (C=O) groups excluding carboxylic acids is 1. The number of hydrogen-bond donors (Lipinski definition) is 0. The smallest absolute Gasteiger partial charge is 0.345 e. The summed E-state index contributed by atoms with van der Waals surface area (Å²) in [4.78, 5) is 11.5. The highest BCUT2D eigenvalue weighted by atomic mass is 32.2. The topological polar surface area (TPSA) is 60.4 Å². The predicted octanol–water partition coefficient (Wildman–Crippen LogP) is 4.33. The first kappa shape index (κ1) is 22.3. The third-order valence-electron chi connectivity index (χ3n) is 3.50. The van der Waals surface area contributed by atoms with Crippen LogP contribution in [0.4, 0.5) is 8.78 Å². The van der Waals surface area contributed by atoms with Crippen molar-refractivity contribution in [1.82, 2.24) is 0 Å². The molecule has 0 saturated carbocycles. The molecule has 0 saturated heterocycles. The minimum absolute atomic E-state index is 0.204. The fourth-order valence-electron chi connectivity index (χ4n) is 1.88. The molecule has 0 heterocycles. The number of rotatable bonds is 11. The summed E-state index contributed by atoms with van der Waals surface area (Å²) in [5.41, 5.74) is -0.478. The normalized spacial score (nSPS) is 13.1. The first-order valence-corrected chi connectivity index (χ1v) is 10.0. The van der Waals surface area contributed by atoms with E-state index >= 15 is 0 Å². The van der Waals surface area contributed by atoms with E-state index in [1.807, 2.05) is 20.8 Å². The Morgan fingerprint density at radius 2 is 1.35 bits per heavy atom. The van der Waals surface area contributed by atoms with Crippen LogP contribution in [0.3, 0.4) is 0 Å². The SMILES string of the molecule is CC(C)(C)C(=O)OCCCCCCCCCC(F)(F)S(C)(=O)=O. The van der Waals surface area contributed by atoms with Crippen molar-refractivity contribution >= 4 is 15.8 Å². The van der Waals surface area contributed by atoms with Crippen molar-refractivity contribution in [3.05, 3.63) is 0 Å². The van der Waals surface area contributed by atoms with Crippen LogP contribution in [0.5, 0.6) is 0 Å². The molecule has 0 unspecified atom stereocenters. The minimum atomic E-state index is -4.30. The van der Waals surface area contributed by atoms with Gasteiger partial charge in [-0.2, -0.15) is 8.78 Å². The van der Waals surface area contributed by atoms with Crippen molar-refractivity contribution in [2.45, 2.75) is 77.4 Å². The van der Waals surface area contributed by atoms with Gasteiger partial charge < -0.3 is 4.74 Å². The molecule has 0 N–H and O–H groups in total. The van der Waals surface area contributed by atoms with Gasteiger partial charge in [-0.1, -0.05) is 32.1 Å². The number of unbranched alkanes of at least 4 members (excludes halogenated alkanes) is 6. The number of hydrogen-bond acceptors (Lipinski definition) is 4. The van der Waals surface area contributed by atoms with Crippen LogP contribution < -0.4 is 0 Å². The Bertz CT molecular complexity index is 453. The van der Waals surface area contributed by atoms with Gasteiger partial charge in [-0.25, -0.2) is 8.42 Å². The van der Waals surface area contributed by atoms with Crippen LogP contribution in [0.2, 0.25) is 0 Å². The van der Waals surface area contributed by atoms with E-state index in [9.17, 15) is 22.0 Å². The molecule has 0 aliphatic carbocycles. The molecule has 0 bridgehead atoms. The van der Waals surface area contributed by atoms with E-state index in [0.29, 0.717) is 19.3 Å². The van der Waals surface area contributed by atoms with Crippen molar-refractivity contribution in [3.63, 3.8) is 0 Å². The Labute approximate surface area is 138 Å². The minimum Gasteiger partial charge on any atom is -0.465 e. The van der Waals surface area contributed by atoms with Crippen LogP contribution in [0, 0.1) is 5.41 Å². The van der Waals surface area contributed by atoms with Crippen LogP contribution in [-0.4, -0.2) is 32.5 Å². The molecule has 0 aliphatic rings. The van der Waals surface area contributed by atoms with Crippen LogP contribution in [0.25, 0.3) is 0 Å². The Balaban J connectivity index is 3.53. The summed E-state index contributed by atoms with van der Waals surface area (Å²) < 4.78 is 53.2. The van der Waals surface area contributed by atoms with Gasteiger partial charge in [0.1, 0.15) is 0 Å². The van der Waals surface area contributed by atoms with E-state index < -0.39 is 26.9 Å². The lowest BCUT2D eigenvalue weighted by Gasteiger charge is -2.16. The molecule has 7 heteroatoms. The molecular formula is C16H30F2O4S. The summed E-state index contributed by atoms with van der Waals surface area (Å²) in [6.45, 7) is 5.84. The first-order chi connectivity index (χ1) is 10.4. The lowest BCUT2D eigenvalue weighted by Crippen LogP contribution is -2.27. The van der Waals surface area contributed by atoms with Gasteiger partial charge >= 0.3 is 11.2 Å². The van der Waals surface area contributed by atoms with Crippen molar-refractivity contribution in [2.75, 3.05) is 12.9 Å². The fraction of sp³-hybridized carbons (Fsp3) is 0.938. The monoisotopic (exact) mass is 356 g/mol. The second-order valence-corrected chi connectivity index (χ2v) is 9.16. The Morgan fingerprint density at radius 1 is 0.913 bits per heavy atom. The summed E-state index contributed by atoms with van der Waals surface area (Å²) >= 11 is 0. The van der Waals surface area contributed by atoms with E-state index in [2.05, 4.69) is 0 Å². The quantitative estimate of drug-likeness (QED) is 0.408. The van der Waals surface area contributed by atoms with Gasteiger partial charge in [0, 0.05) is 12.7 Å². The molecule has 0 radical (unpaired) electrons. The third-order valence-corrected chi connectivity index (χ3v) is 4.79. The van der Waals surface area contributed by atoms with Gasteiger partial charge in [-0.15, -0.1) is 0 Å². The fourth-order valence-corrected chi connectivity index (χ4v) is 2.40. The molecule has 23 heavy (non-hydrogen) atoms. The molecular weight excluding hydrogens is 326 g/mol. The highest BCUT2D eigenvalue weighted by molar-refractivity contribution is 7.91. The largest absolute Gasteiger partial charge is 0.465 e. The lowest BCUT2D eigenvalue weighted by atomic mass is 9.97. The van der Waals surface area contributed by atoms with E-state index in [1.165, 1.54) is 0 Å². The summed E-state index contributed by atoms with van der Waals surface area (Å²) in [6.07, 6.45) is 5.18. The van der Waals surface area contributed by atoms with Crippen molar-refractivity contribution < 1.29 is 26.7 Å². The third kappa shape index (κ3) is 9.89. The number of sulfone groups is 1. The average Bonchev–Trinajstić information content (AvgIpc) is 2.38. The highest BCUT2D eigenvalue weighted by Gasteiger charge is 2.40. The van der Waals surface area contributed by atoms with Gasteiger partial charge in [0.25, 0.3) is 0 Å². The van der Waals surface area contributed by atoms with Crippen LogP contribution in [0.15, 0.2) is 0 Å². The van der Waals surface area contributed by atoms with Gasteiger partial charge in [-0.05, 0) is 33.6 Å². The molecule has 0 aromatic heterocycles. The maximum atomic E-state index is 13.2. The first-order valence-electron chi connectivity index (χ1n) is 8.12.